The van der Waals surface area contributed by atoms with Crippen molar-refractivity contribution in [2.75, 3.05) is 26.4 Å². The lowest BCUT2D eigenvalue weighted by Gasteiger charge is -2.50. The molecular formula is C30H62O6. The average Bonchev–Trinajstić information content (AvgIpc) is 2.83. The Bertz CT molecular complexity index is 486. The van der Waals surface area contributed by atoms with Crippen molar-refractivity contribution in [3.63, 3.8) is 0 Å². The van der Waals surface area contributed by atoms with Gasteiger partial charge in [0.1, 0.15) is 0 Å². The Labute approximate surface area is 224 Å². The molecule has 0 saturated carbocycles. The highest BCUT2D eigenvalue weighted by Crippen LogP contribution is 2.43. The van der Waals surface area contributed by atoms with Crippen LogP contribution in [0.4, 0.5) is 0 Å². The van der Waals surface area contributed by atoms with E-state index >= 15 is 0 Å². The SMILES string of the molecule is CCCCCCCCOC(OOCC(C)C)(OC(C)C)C(CC)(OCCCC)C(CCC)OCCC. The molecule has 6 heteroatoms. The van der Waals surface area contributed by atoms with Crippen molar-refractivity contribution in [1.82, 2.24) is 0 Å². The average molecular weight is 519 g/mol. The Morgan fingerprint density at radius 2 is 1.28 bits per heavy atom. The van der Waals surface area contributed by atoms with Gasteiger partial charge >= 0.3 is 5.97 Å². The number of ether oxygens (including phenoxy) is 4. The molecule has 0 aliphatic heterocycles. The van der Waals surface area contributed by atoms with E-state index in [1.165, 1.54) is 25.7 Å². The van der Waals surface area contributed by atoms with Gasteiger partial charge in [0.05, 0.1) is 25.4 Å². The fourth-order valence-corrected chi connectivity index (χ4v) is 4.31. The molecule has 3 unspecified atom stereocenters. The second-order valence-corrected chi connectivity index (χ2v) is 10.7. The van der Waals surface area contributed by atoms with Crippen molar-refractivity contribution >= 4 is 0 Å². The summed E-state index contributed by atoms with van der Waals surface area (Å²) in [7, 11) is 0. The number of rotatable bonds is 26. The van der Waals surface area contributed by atoms with Crippen LogP contribution in [-0.2, 0) is 28.7 Å². The van der Waals surface area contributed by atoms with Crippen LogP contribution in [0.5, 0.6) is 0 Å². The summed E-state index contributed by atoms with van der Waals surface area (Å²) in [6.07, 6.45) is 11.9. The second-order valence-electron chi connectivity index (χ2n) is 10.7. The van der Waals surface area contributed by atoms with E-state index in [2.05, 4.69) is 48.5 Å². The van der Waals surface area contributed by atoms with Crippen LogP contribution in [0.1, 0.15) is 139 Å². The first-order chi connectivity index (χ1) is 17.3. The molecule has 0 heterocycles. The summed E-state index contributed by atoms with van der Waals surface area (Å²) in [6.45, 7) is 21.2. The maximum Gasteiger partial charge on any atom is 0.344 e. The minimum atomic E-state index is -1.53. The molecule has 0 bridgehead atoms. The van der Waals surface area contributed by atoms with Crippen LogP contribution in [0.3, 0.4) is 0 Å². The summed E-state index contributed by atoms with van der Waals surface area (Å²) < 4.78 is 26.5. The van der Waals surface area contributed by atoms with Gasteiger partial charge in [-0.05, 0) is 51.9 Å². The first kappa shape index (κ1) is 35.8. The predicted octanol–water partition coefficient (Wildman–Crippen LogP) is 8.61. The van der Waals surface area contributed by atoms with E-state index in [-0.39, 0.29) is 12.2 Å². The molecule has 0 amide bonds. The first-order valence-corrected chi connectivity index (χ1v) is 15.2. The molecule has 0 radical (unpaired) electrons. The highest BCUT2D eigenvalue weighted by molar-refractivity contribution is 4.98. The molecule has 0 aliphatic rings. The van der Waals surface area contributed by atoms with Gasteiger partial charge in [0.25, 0.3) is 0 Å². The zero-order valence-electron chi connectivity index (χ0n) is 25.5. The first-order valence-electron chi connectivity index (χ1n) is 15.2. The molecule has 6 nitrogen and oxygen atoms in total. The van der Waals surface area contributed by atoms with E-state index in [1.54, 1.807) is 0 Å². The van der Waals surface area contributed by atoms with E-state index in [4.69, 9.17) is 28.7 Å². The number of hydrogen-bond donors (Lipinski definition) is 0. The van der Waals surface area contributed by atoms with Gasteiger partial charge in [-0.1, -0.05) is 93.4 Å². The zero-order chi connectivity index (χ0) is 27.3. The third-order valence-corrected chi connectivity index (χ3v) is 6.25. The molecule has 0 N–H and O–H groups in total. The number of hydrogen-bond acceptors (Lipinski definition) is 6. The van der Waals surface area contributed by atoms with Crippen molar-refractivity contribution in [3.8, 4) is 0 Å². The van der Waals surface area contributed by atoms with Gasteiger partial charge in [-0.3, -0.25) is 0 Å². The highest BCUT2D eigenvalue weighted by atomic mass is 17.3. The van der Waals surface area contributed by atoms with Crippen LogP contribution in [0.25, 0.3) is 0 Å². The summed E-state index contributed by atoms with van der Waals surface area (Å²) >= 11 is 0. The summed E-state index contributed by atoms with van der Waals surface area (Å²) in [5.41, 5.74) is -0.975. The van der Waals surface area contributed by atoms with Crippen molar-refractivity contribution in [3.05, 3.63) is 0 Å². The zero-order valence-corrected chi connectivity index (χ0v) is 25.5. The second kappa shape index (κ2) is 21.7. The quantitative estimate of drug-likeness (QED) is 0.0494. The number of unbranched alkanes of at least 4 members (excludes halogenated alkanes) is 6. The van der Waals surface area contributed by atoms with Crippen molar-refractivity contribution in [2.24, 2.45) is 5.92 Å². The third-order valence-electron chi connectivity index (χ3n) is 6.25. The predicted molar refractivity (Wildman–Crippen MR) is 149 cm³/mol. The molecule has 0 fully saturated rings. The Morgan fingerprint density at radius 1 is 0.639 bits per heavy atom. The monoisotopic (exact) mass is 518 g/mol. The molecule has 3 atom stereocenters. The normalized spacial score (nSPS) is 16.4. The van der Waals surface area contributed by atoms with E-state index < -0.39 is 11.6 Å². The Kier molecular flexibility index (Phi) is 21.5. The summed E-state index contributed by atoms with van der Waals surface area (Å²) in [4.78, 5) is 12.1. The fraction of sp³-hybridized carbons (Fsp3) is 1.00. The lowest BCUT2D eigenvalue weighted by atomic mass is 9.86. The maximum atomic E-state index is 6.79. The molecule has 36 heavy (non-hydrogen) atoms. The van der Waals surface area contributed by atoms with Crippen LogP contribution < -0.4 is 0 Å². The molecule has 0 aromatic carbocycles. The van der Waals surface area contributed by atoms with Gasteiger partial charge in [-0.15, -0.1) is 0 Å². The maximum absolute atomic E-state index is 6.79. The smallest absolute Gasteiger partial charge is 0.344 e. The van der Waals surface area contributed by atoms with Crippen LogP contribution >= 0.6 is 0 Å². The van der Waals surface area contributed by atoms with E-state index in [0.717, 1.165) is 44.9 Å². The molecular weight excluding hydrogens is 456 g/mol. The van der Waals surface area contributed by atoms with Crippen LogP contribution in [0.15, 0.2) is 0 Å². The van der Waals surface area contributed by atoms with Crippen LogP contribution in [-0.4, -0.2) is 50.2 Å². The Morgan fingerprint density at radius 3 is 1.83 bits per heavy atom. The van der Waals surface area contributed by atoms with Crippen molar-refractivity contribution in [2.45, 2.75) is 163 Å². The van der Waals surface area contributed by atoms with Crippen LogP contribution in [0.2, 0.25) is 0 Å². The molecule has 0 aliphatic carbocycles. The summed E-state index contributed by atoms with van der Waals surface area (Å²) in [5, 5.41) is 0. The lowest BCUT2D eigenvalue weighted by Crippen LogP contribution is -2.67. The van der Waals surface area contributed by atoms with E-state index in [9.17, 15) is 0 Å². The van der Waals surface area contributed by atoms with E-state index in [0.29, 0.717) is 38.8 Å². The molecule has 0 spiro atoms. The van der Waals surface area contributed by atoms with E-state index in [1.807, 2.05) is 13.8 Å². The van der Waals surface area contributed by atoms with Gasteiger partial charge in [0.2, 0.25) is 0 Å². The van der Waals surface area contributed by atoms with Crippen molar-refractivity contribution < 1.29 is 28.7 Å². The molecule has 0 aromatic rings. The van der Waals surface area contributed by atoms with Gasteiger partial charge in [-0.2, -0.15) is 4.89 Å². The minimum absolute atomic E-state index is 0.161. The molecule has 0 aromatic heterocycles. The largest absolute Gasteiger partial charge is 0.375 e. The van der Waals surface area contributed by atoms with Gasteiger partial charge in [0, 0.05) is 13.2 Å². The van der Waals surface area contributed by atoms with Gasteiger partial charge in [-0.25, -0.2) is 4.89 Å². The third kappa shape index (κ3) is 13.0. The Hall–Kier alpha value is -0.240. The summed E-state index contributed by atoms with van der Waals surface area (Å²) in [5.74, 6) is -1.23. The summed E-state index contributed by atoms with van der Waals surface area (Å²) in [6, 6.07) is 0. The topological polar surface area (TPSA) is 55.4 Å². The molecule has 0 saturated heterocycles. The van der Waals surface area contributed by atoms with Crippen LogP contribution in [0, 0.1) is 5.92 Å². The van der Waals surface area contributed by atoms with Crippen molar-refractivity contribution in [1.29, 1.82) is 0 Å². The molecule has 218 valence electrons. The standard InChI is InChI=1S/C30H62O6/c1-10-15-17-18-19-20-24-33-30(35-27(8)9,36-34-25-26(6)7)29(14-5,32-23-16-11-2)28(21-12-3)31-22-13-4/h26-28H,10-25H2,1-9H3. The highest BCUT2D eigenvalue weighted by Gasteiger charge is 2.62. The molecule has 0 rings (SSSR count). The lowest BCUT2D eigenvalue weighted by molar-refractivity contribution is -0.558. The minimum Gasteiger partial charge on any atom is -0.375 e. The van der Waals surface area contributed by atoms with Gasteiger partial charge < -0.3 is 18.9 Å². The van der Waals surface area contributed by atoms with Gasteiger partial charge in [0.15, 0.2) is 5.60 Å². The Balaban J connectivity index is 6.30. The fourth-order valence-electron chi connectivity index (χ4n) is 4.31.